The summed E-state index contributed by atoms with van der Waals surface area (Å²) in [5.74, 6) is -4.25. The van der Waals surface area contributed by atoms with Gasteiger partial charge in [0.15, 0.2) is 5.92 Å². The Morgan fingerprint density at radius 2 is 1.50 bits per heavy atom. The first-order valence-electron chi connectivity index (χ1n) is 4.57. The number of hydrogen-bond acceptors (Lipinski definition) is 1. The van der Waals surface area contributed by atoms with Gasteiger partial charge in [-0.2, -0.15) is 26.3 Å². The van der Waals surface area contributed by atoms with E-state index in [9.17, 15) is 31.4 Å². The van der Waals surface area contributed by atoms with Crippen LogP contribution in [0.15, 0.2) is 16.6 Å². The number of rotatable bonds is 1. The first-order chi connectivity index (χ1) is 7.94. The lowest BCUT2D eigenvalue weighted by molar-refractivity contribution is -0.253. The van der Waals surface area contributed by atoms with Gasteiger partial charge in [0, 0.05) is 4.47 Å². The minimum atomic E-state index is -5.48. The first-order valence-corrected chi connectivity index (χ1v) is 5.36. The molecule has 102 valence electrons. The second kappa shape index (κ2) is 4.64. The normalized spacial score (nSPS) is 13.2. The summed E-state index contributed by atoms with van der Waals surface area (Å²) in [6.45, 7) is 1.36. The number of phenols is 1. The molecule has 1 aromatic rings. The number of aryl methyl sites for hydroxylation is 1. The van der Waals surface area contributed by atoms with Crippen molar-refractivity contribution in [2.75, 3.05) is 0 Å². The summed E-state index contributed by atoms with van der Waals surface area (Å²) in [6, 6.07) is 1.49. The second-order valence-corrected chi connectivity index (χ2v) is 4.53. The Balaban J connectivity index is 3.45. The van der Waals surface area contributed by atoms with Crippen LogP contribution in [-0.4, -0.2) is 17.5 Å². The van der Waals surface area contributed by atoms with Crippen LogP contribution < -0.4 is 0 Å². The van der Waals surface area contributed by atoms with Gasteiger partial charge in [0.25, 0.3) is 0 Å². The third-order valence-electron chi connectivity index (χ3n) is 2.28. The van der Waals surface area contributed by atoms with Crippen molar-refractivity contribution in [1.82, 2.24) is 0 Å². The first kappa shape index (κ1) is 15.1. The minimum Gasteiger partial charge on any atom is -0.508 e. The van der Waals surface area contributed by atoms with E-state index in [1.54, 1.807) is 0 Å². The molecule has 1 aromatic carbocycles. The second-order valence-electron chi connectivity index (χ2n) is 3.68. The molecule has 0 amide bonds. The fourth-order valence-corrected chi connectivity index (χ4v) is 2.12. The molecule has 0 unspecified atom stereocenters. The Bertz CT molecular complexity index is 437. The van der Waals surface area contributed by atoms with Crippen LogP contribution in [-0.2, 0) is 0 Å². The monoisotopic (exact) mass is 336 g/mol. The Kier molecular flexibility index (Phi) is 3.90. The molecule has 1 nitrogen and oxygen atoms in total. The molecule has 0 aliphatic rings. The summed E-state index contributed by atoms with van der Waals surface area (Å²) in [6.07, 6.45) is -11.0. The summed E-state index contributed by atoms with van der Waals surface area (Å²) < 4.78 is 74.6. The Hall–Kier alpha value is -0.920. The van der Waals surface area contributed by atoms with Crippen molar-refractivity contribution < 1.29 is 31.4 Å². The van der Waals surface area contributed by atoms with Crippen molar-refractivity contribution in [3.8, 4) is 5.75 Å². The van der Waals surface area contributed by atoms with Crippen LogP contribution in [0.3, 0.4) is 0 Å². The standard InChI is InChI=1S/C10H7BrF6O/c1-4-2-6(11)5(3-7(4)18)8(9(12,13)14)10(15,16)17/h2-3,8,18H,1H3. The molecular formula is C10H7BrF6O. The van der Waals surface area contributed by atoms with Crippen molar-refractivity contribution in [1.29, 1.82) is 0 Å². The molecule has 0 saturated heterocycles. The van der Waals surface area contributed by atoms with Crippen molar-refractivity contribution in [2.24, 2.45) is 0 Å². The molecule has 0 heterocycles. The fourth-order valence-electron chi connectivity index (χ4n) is 1.44. The predicted octanol–water partition coefficient (Wildman–Crippen LogP) is 4.67. The third kappa shape index (κ3) is 3.09. The van der Waals surface area contributed by atoms with Gasteiger partial charge in [-0.15, -0.1) is 0 Å². The van der Waals surface area contributed by atoms with E-state index in [2.05, 4.69) is 15.9 Å². The fraction of sp³-hybridized carbons (Fsp3) is 0.400. The molecular weight excluding hydrogens is 330 g/mol. The molecule has 8 heteroatoms. The molecule has 0 radical (unpaired) electrons. The van der Waals surface area contributed by atoms with Crippen LogP contribution in [0.2, 0.25) is 0 Å². The third-order valence-corrected chi connectivity index (χ3v) is 2.97. The van der Waals surface area contributed by atoms with Gasteiger partial charge in [-0.05, 0) is 30.2 Å². The summed E-state index contributed by atoms with van der Waals surface area (Å²) in [5, 5.41) is 9.25. The molecule has 0 fully saturated rings. The van der Waals surface area contributed by atoms with Crippen LogP contribution in [0.4, 0.5) is 26.3 Å². The van der Waals surface area contributed by atoms with E-state index in [-0.39, 0.29) is 10.0 Å². The van der Waals surface area contributed by atoms with E-state index < -0.39 is 29.6 Å². The maximum Gasteiger partial charge on any atom is 0.404 e. The highest BCUT2D eigenvalue weighted by Gasteiger charge is 2.58. The molecule has 0 spiro atoms. The minimum absolute atomic E-state index is 0.175. The maximum absolute atomic E-state index is 12.5. The lowest BCUT2D eigenvalue weighted by Gasteiger charge is -2.24. The SMILES string of the molecule is Cc1cc(Br)c(C(C(F)(F)F)C(F)(F)F)cc1O. The van der Waals surface area contributed by atoms with Crippen molar-refractivity contribution in [2.45, 2.75) is 25.2 Å². The zero-order chi connectivity index (χ0) is 14.3. The molecule has 0 atom stereocenters. The van der Waals surface area contributed by atoms with Crippen molar-refractivity contribution >= 4 is 15.9 Å². The van der Waals surface area contributed by atoms with E-state index in [4.69, 9.17) is 0 Å². The number of alkyl halides is 6. The van der Waals surface area contributed by atoms with E-state index in [0.29, 0.717) is 6.07 Å². The van der Waals surface area contributed by atoms with Crippen LogP contribution in [0.1, 0.15) is 17.0 Å². The lowest BCUT2D eigenvalue weighted by atomic mass is 9.96. The molecule has 1 rings (SSSR count). The number of hydrogen-bond donors (Lipinski definition) is 1. The highest BCUT2D eigenvalue weighted by atomic mass is 79.9. The van der Waals surface area contributed by atoms with Crippen molar-refractivity contribution in [3.63, 3.8) is 0 Å². The van der Waals surface area contributed by atoms with Crippen LogP contribution >= 0.6 is 15.9 Å². The Morgan fingerprint density at radius 3 is 1.89 bits per heavy atom. The van der Waals surface area contributed by atoms with Gasteiger partial charge in [0.1, 0.15) is 5.75 Å². The summed E-state index contributed by atoms with van der Waals surface area (Å²) in [4.78, 5) is 0. The van der Waals surface area contributed by atoms with E-state index in [1.165, 1.54) is 6.92 Å². The highest BCUT2D eigenvalue weighted by molar-refractivity contribution is 9.10. The molecule has 18 heavy (non-hydrogen) atoms. The van der Waals surface area contributed by atoms with Gasteiger partial charge in [0.05, 0.1) is 0 Å². The zero-order valence-electron chi connectivity index (χ0n) is 8.83. The number of benzene rings is 1. The van der Waals surface area contributed by atoms with Gasteiger partial charge >= 0.3 is 12.4 Å². The van der Waals surface area contributed by atoms with E-state index >= 15 is 0 Å². The number of halogens is 7. The van der Waals surface area contributed by atoms with Crippen LogP contribution in [0.5, 0.6) is 5.75 Å². The molecule has 0 aliphatic heterocycles. The largest absolute Gasteiger partial charge is 0.508 e. The van der Waals surface area contributed by atoms with Crippen LogP contribution in [0, 0.1) is 6.92 Å². The molecule has 0 aliphatic carbocycles. The summed E-state index contributed by atoms with van der Waals surface area (Å²) in [7, 11) is 0. The average molecular weight is 337 g/mol. The number of phenolic OH excluding ortho intramolecular Hbond substituents is 1. The topological polar surface area (TPSA) is 20.2 Å². The lowest BCUT2D eigenvalue weighted by Crippen LogP contribution is -2.34. The van der Waals surface area contributed by atoms with Gasteiger partial charge in [-0.1, -0.05) is 15.9 Å². The maximum atomic E-state index is 12.5. The molecule has 1 N–H and O–H groups in total. The van der Waals surface area contributed by atoms with Gasteiger partial charge in [-0.25, -0.2) is 0 Å². The predicted molar refractivity (Wildman–Crippen MR) is 55.4 cm³/mol. The van der Waals surface area contributed by atoms with Crippen LogP contribution in [0.25, 0.3) is 0 Å². The van der Waals surface area contributed by atoms with E-state index in [0.717, 1.165) is 6.07 Å². The molecule has 0 saturated carbocycles. The van der Waals surface area contributed by atoms with Gasteiger partial charge in [0.2, 0.25) is 0 Å². The molecule has 0 aromatic heterocycles. The Morgan fingerprint density at radius 1 is 1.06 bits per heavy atom. The molecule has 0 bridgehead atoms. The summed E-state index contributed by atoms with van der Waals surface area (Å²) >= 11 is 2.66. The summed E-state index contributed by atoms with van der Waals surface area (Å²) in [5.41, 5.74) is -0.883. The highest BCUT2D eigenvalue weighted by Crippen LogP contribution is 2.49. The quantitative estimate of drug-likeness (QED) is 0.739. The Labute approximate surface area is 107 Å². The average Bonchev–Trinajstić information content (AvgIpc) is 2.09. The van der Waals surface area contributed by atoms with Gasteiger partial charge < -0.3 is 5.11 Å². The zero-order valence-corrected chi connectivity index (χ0v) is 10.4. The smallest absolute Gasteiger partial charge is 0.404 e. The number of aromatic hydroxyl groups is 1. The van der Waals surface area contributed by atoms with Crippen molar-refractivity contribution in [3.05, 3.63) is 27.7 Å². The van der Waals surface area contributed by atoms with E-state index in [1.807, 2.05) is 0 Å². The van der Waals surface area contributed by atoms with Gasteiger partial charge in [-0.3, -0.25) is 0 Å².